The first-order chi connectivity index (χ1) is 10.6. The Hall–Kier alpha value is -2.40. The van der Waals surface area contributed by atoms with Crippen molar-refractivity contribution >= 4 is 22.7 Å². The van der Waals surface area contributed by atoms with E-state index in [0.29, 0.717) is 10.6 Å². The Morgan fingerprint density at radius 2 is 1.86 bits per heavy atom. The van der Waals surface area contributed by atoms with Gasteiger partial charge < -0.3 is 10.9 Å². The van der Waals surface area contributed by atoms with Crippen LogP contribution in [-0.2, 0) is 0 Å². The van der Waals surface area contributed by atoms with Gasteiger partial charge >= 0.3 is 0 Å². The number of rotatable bonds is 2. The minimum absolute atomic E-state index is 0.0831. The molecule has 0 spiro atoms. The zero-order valence-electron chi connectivity index (χ0n) is 11.6. The minimum atomic E-state index is -0.714. The van der Waals surface area contributed by atoms with Crippen LogP contribution in [0.25, 0.3) is 11.1 Å². The van der Waals surface area contributed by atoms with Gasteiger partial charge in [-0.05, 0) is 24.6 Å². The molecule has 0 unspecified atom stereocenters. The Morgan fingerprint density at radius 3 is 2.55 bits per heavy atom. The van der Waals surface area contributed by atoms with Crippen LogP contribution in [0.4, 0.5) is 8.78 Å². The number of hydrazine groups is 1. The van der Waals surface area contributed by atoms with Gasteiger partial charge in [-0.1, -0.05) is 23.7 Å². The quantitative estimate of drug-likeness (QED) is 0.881. The summed E-state index contributed by atoms with van der Waals surface area (Å²) in [5.41, 5.74) is 8.86. The number of benzene rings is 1. The van der Waals surface area contributed by atoms with Gasteiger partial charge in [0.2, 0.25) is 0 Å². The van der Waals surface area contributed by atoms with Gasteiger partial charge in [-0.25, -0.2) is 8.78 Å². The second-order valence-corrected chi connectivity index (χ2v) is 5.25. The van der Waals surface area contributed by atoms with Gasteiger partial charge in [-0.2, -0.15) is 0 Å². The van der Waals surface area contributed by atoms with Crippen molar-refractivity contribution < 1.29 is 8.78 Å². The first-order valence-electron chi connectivity index (χ1n) is 6.56. The Bertz CT molecular complexity index is 782. The van der Waals surface area contributed by atoms with Crippen LogP contribution >= 0.6 is 11.6 Å². The first-order valence-corrected chi connectivity index (χ1v) is 6.94. The molecule has 0 radical (unpaired) electrons. The van der Waals surface area contributed by atoms with E-state index in [4.69, 9.17) is 11.6 Å². The molecule has 1 aromatic carbocycles. The Labute approximate surface area is 131 Å². The predicted molar refractivity (Wildman–Crippen MR) is 82.4 cm³/mol. The van der Waals surface area contributed by atoms with Crippen LogP contribution in [0.2, 0.25) is 5.02 Å². The number of allylic oxidation sites excluding steroid dienone is 3. The van der Waals surface area contributed by atoms with Crippen LogP contribution in [0.1, 0.15) is 18.2 Å². The third kappa shape index (κ3) is 2.67. The zero-order chi connectivity index (χ0) is 15.7. The van der Waals surface area contributed by atoms with E-state index in [1.165, 1.54) is 0 Å². The summed E-state index contributed by atoms with van der Waals surface area (Å²) in [5.74, 6) is -1.42. The lowest BCUT2D eigenvalue weighted by molar-refractivity contribution is 0.569. The van der Waals surface area contributed by atoms with E-state index >= 15 is 0 Å². The summed E-state index contributed by atoms with van der Waals surface area (Å²) in [6, 6.07) is 8.00. The molecule has 2 heterocycles. The van der Waals surface area contributed by atoms with E-state index in [9.17, 15) is 8.78 Å². The van der Waals surface area contributed by atoms with E-state index in [-0.39, 0.29) is 5.69 Å². The fourth-order valence-corrected chi connectivity index (χ4v) is 2.47. The lowest BCUT2D eigenvalue weighted by atomic mass is 9.93. The van der Waals surface area contributed by atoms with Gasteiger partial charge in [0.15, 0.2) is 5.82 Å². The Kier molecular flexibility index (Phi) is 3.81. The average molecular weight is 320 g/mol. The molecule has 0 amide bonds. The molecule has 0 aliphatic carbocycles. The highest BCUT2D eigenvalue weighted by molar-refractivity contribution is 6.30. The highest BCUT2D eigenvalue weighted by atomic mass is 35.5. The van der Waals surface area contributed by atoms with Gasteiger partial charge in [0.05, 0.1) is 6.20 Å². The van der Waals surface area contributed by atoms with Crippen LogP contribution in [0, 0.1) is 11.6 Å². The molecular weight excluding hydrogens is 308 g/mol. The fourth-order valence-electron chi connectivity index (χ4n) is 2.34. The van der Waals surface area contributed by atoms with E-state index < -0.39 is 11.6 Å². The highest BCUT2D eigenvalue weighted by Crippen LogP contribution is 2.34. The third-order valence-electron chi connectivity index (χ3n) is 3.32. The Morgan fingerprint density at radius 1 is 1.14 bits per heavy atom. The fraction of sp³-hybridized carbons (Fsp3) is 0.0625. The van der Waals surface area contributed by atoms with Gasteiger partial charge in [-0.15, -0.1) is 0 Å². The maximum Gasteiger partial charge on any atom is 0.152 e. The maximum atomic E-state index is 14.1. The van der Waals surface area contributed by atoms with Crippen molar-refractivity contribution in [3.63, 3.8) is 0 Å². The van der Waals surface area contributed by atoms with Crippen LogP contribution in [-0.4, -0.2) is 4.98 Å². The first kappa shape index (κ1) is 14.5. The van der Waals surface area contributed by atoms with Crippen molar-refractivity contribution in [2.24, 2.45) is 0 Å². The molecule has 6 heteroatoms. The molecular formula is C16H12ClF2N3. The van der Waals surface area contributed by atoms with Gasteiger partial charge in [-0.3, -0.25) is 4.98 Å². The molecule has 0 saturated carbocycles. The molecule has 0 atom stereocenters. The van der Waals surface area contributed by atoms with Crippen LogP contribution < -0.4 is 10.9 Å². The van der Waals surface area contributed by atoms with E-state index in [1.54, 1.807) is 18.3 Å². The number of aromatic nitrogens is 1. The van der Waals surface area contributed by atoms with Crippen molar-refractivity contribution in [1.82, 2.24) is 15.8 Å². The third-order valence-corrected chi connectivity index (χ3v) is 3.57. The lowest BCUT2D eigenvalue weighted by Crippen LogP contribution is -2.30. The Balaban J connectivity index is 2.13. The average Bonchev–Trinajstić information content (AvgIpc) is 2.48. The summed E-state index contributed by atoms with van der Waals surface area (Å²) in [6.45, 7) is 1.85. The molecule has 1 aliphatic heterocycles. The molecule has 3 nitrogen and oxygen atoms in total. The number of hydrogen-bond acceptors (Lipinski definition) is 3. The summed E-state index contributed by atoms with van der Waals surface area (Å²) in [6.07, 6.45) is 2.59. The second-order valence-electron chi connectivity index (χ2n) is 4.82. The van der Waals surface area contributed by atoms with Gasteiger partial charge in [0.25, 0.3) is 0 Å². The van der Waals surface area contributed by atoms with Crippen molar-refractivity contribution in [3.8, 4) is 0 Å². The van der Waals surface area contributed by atoms with Crippen molar-refractivity contribution in [2.45, 2.75) is 6.92 Å². The summed E-state index contributed by atoms with van der Waals surface area (Å²) in [7, 11) is 0. The molecule has 0 bridgehead atoms. The van der Waals surface area contributed by atoms with Crippen LogP contribution in [0.5, 0.6) is 0 Å². The number of nitrogens with one attached hydrogen (secondary N) is 2. The van der Waals surface area contributed by atoms with E-state index in [0.717, 1.165) is 29.1 Å². The SMILES string of the molecule is CC1=C(c2ccc(Cl)cc2)C(c2ncc(F)cc2F)=CNN1. The standard InChI is InChI=1S/C16H12ClF2N3/c1-9-15(10-2-4-11(17)5-3-10)13(8-21-22-9)16-14(19)6-12(18)7-20-16/h2-8,21-22H,1H3. The summed E-state index contributed by atoms with van der Waals surface area (Å²) < 4.78 is 27.2. The monoisotopic (exact) mass is 319 g/mol. The molecule has 0 fully saturated rings. The zero-order valence-corrected chi connectivity index (χ0v) is 12.4. The van der Waals surface area contributed by atoms with Crippen LogP contribution in [0.15, 0.2) is 48.4 Å². The number of hydrogen-bond donors (Lipinski definition) is 2. The molecule has 0 saturated heterocycles. The summed E-state index contributed by atoms with van der Waals surface area (Å²) >= 11 is 5.91. The van der Waals surface area contributed by atoms with Gasteiger partial charge in [0.1, 0.15) is 11.5 Å². The number of pyridine rings is 1. The smallest absolute Gasteiger partial charge is 0.152 e. The summed E-state index contributed by atoms with van der Waals surface area (Å²) in [4.78, 5) is 3.88. The van der Waals surface area contributed by atoms with Gasteiger partial charge in [0, 0.05) is 34.1 Å². The predicted octanol–water partition coefficient (Wildman–Crippen LogP) is 3.89. The highest BCUT2D eigenvalue weighted by Gasteiger charge is 2.21. The normalized spacial score (nSPS) is 14.3. The molecule has 112 valence electrons. The molecule has 2 aromatic rings. The lowest BCUT2D eigenvalue weighted by Gasteiger charge is -2.22. The molecule has 1 aromatic heterocycles. The largest absolute Gasteiger partial charge is 0.308 e. The molecule has 2 N–H and O–H groups in total. The number of nitrogens with zero attached hydrogens (tertiary/aromatic N) is 1. The summed E-state index contributed by atoms with van der Waals surface area (Å²) in [5, 5.41) is 0.612. The van der Waals surface area contributed by atoms with E-state index in [2.05, 4.69) is 15.8 Å². The van der Waals surface area contributed by atoms with Crippen molar-refractivity contribution in [2.75, 3.05) is 0 Å². The number of halogens is 3. The molecule has 22 heavy (non-hydrogen) atoms. The topological polar surface area (TPSA) is 37.0 Å². The minimum Gasteiger partial charge on any atom is -0.308 e. The molecule has 3 rings (SSSR count). The van der Waals surface area contributed by atoms with Crippen LogP contribution in [0.3, 0.4) is 0 Å². The maximum absolute atomic E-state index is 14.1. The molecule has 1 aliphatic rings. The van der Waals surface area contributed by atoms with Crippen molar-refractivity contribution in [3.05, 3.63) is 76.3 Å². The van der Waals surface area contributed by atoms with E-state index in [1.807, 2.05) is 19.1 Å². The van der Waals surface area contributed by atoms with Crippen molar-refractivity contribution in [1.29, 1.82) is 0 Å². The second kappa shape index (κ2) is 5.77.